The van der Waals surface area contributed by atoms with Crippen LogP contribution in [0.2, 0.25) is 0 Å². The molecule has 0 unspecified atom stereocenters. The number of allylic oxidation sites excluding steroid dienone is 3. The summed E-state index contributed by atoms with van der Waals surface area (Å²) in [5.41, 5.74) is 5.59. The minimum Gasteiger partial charge on any atom is -0.516 e. The summed E-state index contributed by atoms with van der Waals surface area (Å²) in [7, 11) is 0. The predicted octanol–water partition coefficient (Wildman–Crippen LogP) is 1.91. The van der Waals surface area contributed by atoms with Gasteiger partial charge < -0.3 is 10.8 Å². The largest absolute Gasteiger partial charge is 0.516 e. The van der Waals surface area contributed by atoms with Gasteiger partial charge in [-0.25, -0.2) is 0 Å². The third-order valence-electron chi connectivity index (χ3n) is 1.94. The highest BCUT2D eigenvalue weighted by Crippen LogP contribution is 2.20. The van der Waals surface area contributed by atoms with E-state index in [1.54, 1.807) is 19.9 Å². The molecular weight excluding hydrogens is 166 g/mol. The van der Waals surface area contributed by atoms with Crippen LogP contribution in [-0.2, 0) is 4.79 Å². The van der Waals surface area contributed by atoms with Gasteiger partial charge in [-0.05, 0) is 19.4 Å². The van der Waals surface area contributed by atoms with Crippen LogP contribution in [0.3, 0.4) is 0 Å². The SMILES string of the molecule is C/C(C=CO)=C/CC(C)(C)C(N)=O. The van der Waals surface area contributed by atoms with E-state index in [1.807, 2.05) is 13.0 Å². The van der Waals surface area contributed by atoms with Crippen molar-refractivity contribution in [3.8, 4) is 0 Å². The van der Waals surface area contributed by atoms with E-state index >= 15 is 0 Å². The number of primary amides is 1. The van der Waals surface area contributed by atoms with Gasteiger partial charge in [0, 0.05) is 5.41 Å². The molecule has 0 spiro atoms. The molecule has 13 heavy (non-hydrogen) atoms. The molecule has 3 heteroatoms. The minimum atomic E-state index is -0.523. The van der Waals surface area contributed by atoms with Gasteiger partial charge in [0.15, 0.2) is 0 Å². The second-order valence-electron chi connectivity index (χ2n) is 3.72. The summed E-state index contributed by atoms with van der Waals surface area (Å²) in [6.07, 6.45) is 5.00. The summed E-state index contributed by atoms with van der Waals surface area (Å²) in [5.74, 6) is -0.315. The zero-order valence-electron chi connectivity index (χ0n) is 8.37. The molecule has 0 aliphatic rings. The summed E-state index contributed by atoms with van der Waals surface area (Å²) < 4.78 is 0. The molecule has 0 fully saturated rings. The van der Waals surface area contributed by atoms with Crippen LogP contribution in [0.15, 0.2) is 24.0 Å². The third kappa shape index (κ3) is 4.35. The van der Waals surface area contributed by atoms with Crippen molar-refractivity contribution in [2.45, 2.75) is 27.2 Å². The molecule has 0 heterocycles. The lowest BCUT2D eigenvalue weighted by atomic mass is 9.88. The Balaban J connectivity index is 4.30. The maximum atomic E-state index is 10.9. The molecule has 1 amide bonds. The van der Waals surface area contributed by atoms with Gasteiger partial charge >= 0.3 is 0 Å². The van der Waals surface area contributed by atoms with Crippen LogP contribution in [0.5, 0.6) is 0 Å². The van der Waals surface area contributed by atoms with Crippen molar-refractivity contribution in [1.29, 1.82) is 0 Å². The van der Waals surface area contributed by atoms with E-state index in [1.165, 1.54) is 0 Å². The molecular formula is C10H17NO2. The molecule has 0 aromatic carbocycles. The Hall–Kier alpha value is -1.25. The van der Waals surface area contributed by atoms with Crippen LogP contribution in [0.25, 0.3) is 0 Å². The third-order valence-corrected chi connectivity index (χ3v) is 1.94. The fraction of sp³-hybridized carbons (Fsp3) is 0.500. The van der Waals surface area contributed by atoms with Crippen molar-refractivity contribution in [2.75, 3.05) is 0 Å². The van der Waals surface area contributed by atoms with E-state index in [0.29, 0.717) is 6.42 Å². The number of aliphatic hydroxyl groups excluding tert-OH is 1. The Morgan fingerprint density at radius 1 is 1.54 bits per heavy atom. The molecule has 3 nitrogen and oxygen atoms in total. The van der Waals surface area contributed by atoms with Gasteiger partial charge in [-0.2, -0.15) is 0 Å². The Kier molecular flexibility index (Phi) is 4.25. The number of hydrogen-bond acceptors (Lipinski definition) is 2. The Bertz CT molecular complexity index is 239. The fourth-order valence-electron chi connectivity index (χ4n) is 0.702. The Labute approximate surface area is 78.9 Å². The number of rotatable bonds is 4. The second-order valence-corrected chi connectivity index (χ2v) is 3.72. The molecule has 0 radical (unpaired) electrons. The lowest BCUT2D eigenvalue weighted by molar-refractivity contribution is -0.125. The van der Waals surface area contributed by atoms with Gasteiger partial charge in [0.2, 0.25) is 5.91 Å². The summed E-state index contributed by atoms with van der Waals surface area (Å²) >= 11 is 0. The molecule has 74 valence electrons. The number of hydrogen-bond donors (Lipinski definition) is 2. The topological polar surface area (TPSA) is 63.3 Å². The van der Waals surface area contributed by atoms with Gasteiger partial charge in [-0.3, -0.25) is 4.79 Å². The first-order valence-electron chi connectivity index (χ1n) is 4.17. The highest BCUT2D eigenvalue weighted by atomic mass is 16.2. The van der Waals surface area contributed by atoms with Crippen LogP contribution < -0.4 is 5.73 Å². The average molecular weight is 183 g/mol. The van der Waals surface area contributed by atoms with Crippen molar-refractivity contribution in [3.63, 3.8) is 0 Å². The van der Waals surface area contributed by atoms with Crippen molar-refractivity contribution < 1.29 is 9.90 Å². The van der Waals surface area contributed by atoms with E-state index < -0.39 is 5.41 Å². The molecule has 0 aromatic heterocycles. The van der Waals surface area contributed by atoms with E-state index in [9.17, 15) is 4.79 Å². The monoisotopic (exact) mass is 183 g/mol. The maximum Gasteiger partial charge on any atom is 0.223 e. The quantitative estimate of drug-likeness (QED) is 0.516. The highest BCUT2D eigenvalue weighted by molar-refractivity contribution is 5.80. The molecule has 0 aliphatic heterocycles. The van der Waals surface area contributed by atoms with Crippen LogP contribution in [0.1, 0.15) is 27.2 Å². The first-order chi connectivity index (χ1) is 5.90. The van der Waals surface area contributed by atoms with E-state index in [-0.39, 0.29) is 5.91 Å². The second kappa shape index (κ2) is 4.70. The summed E-state index contributed by atoms with van der Waals surface area (Å²) in [6.45, 7) is 5.44. The Morgan fingerprint density at radius 3 is 2.46 bits per heavy atom. The Morgan fingerprint density at radius 2 is 2.08 bits per heavy atom. The van der Waals surface area contributed by atoms with Crippen LogP contribution in [-0.4, -0.2) is 11.0 Å². The maximum absolute atomic E-state index is 10.9. The number of carbonyl (C=O) groups excluding carboxylic acids is 1. The van der Waals surface area contributed by atoms with Gasteiger partial charge in [0.1, 0.15) is 0 Å². The first kappa shape index (κ1) is 11.8. The zero-order valence-corrected chi connectivity index (χ0v) is 8.37. The van der Waals surface area contributed by atoms with Gasteiger partial charge in [0.25, 0.3) is 0 Å². The van der Waals surface area contributed by atoms with E-state index in [4.69, 9.17) is 10.8 Å². The molecule has 0 bridgehead atoms. The van der Waals surface area contributed by atoms with Crippen LogP contribution in [0, 0.1) is 5.41 Å². The van der Waals surface area contributed by atoms with Crippen molar-refractivity contribution in [2.24, 2.45) is 11.1 Å². The molecule has 0 saturated heterocycles. The summed E-state index contributed by atoms with van der Waals surface area (Å²) in [4.78, 5) is 10.9. The smallest absolute Gasteiger partial charge is 0.223 e. The fourth-order valence-corrected chi connectivity index (χ4v) is 0.702. The summed E-state index contributed by atoms with van der Waals surface area (Å²) in [6, 6.07) is 0. The number of amides is 1. The lowest BCUT2D eigenvalue weighted by Crippen LogP contribution is -2.30. The molecule has 0 atom stereocenters. The van der Waals surface area contributed by atoms with Crippen molar-refractivity contribution >= 4 is 5.91 Å². The first-order valence-corrected chi connectivity index (χ1v) is 4.17. The van der Waals surface area contributed by atoms with E-state index in [2.05, 4.69) is 0 Å². The standard InChI is InChI=1S/C10H17NO2/c1-8(5-7-12)4-6-10(2,3)9(11)13/h4-5,7,12H,6H2,1-3H3,(H2,11,13)/b7-5?,8-4-. The number of carbonyl (C=O) groups is 1. The highest BCUT2D eigenvalue weighted by Gasteiger charge is 2.22. The predicted molar refractivity (Wildman–Crippen MR) is 53.1 cm³/mol. The number of aliphatic hydroxyl groups is 1. The van der Waals surface area contributed by atoms with Gasteiger partial charge in [0.05, 0.1) is 6.26 Å². The molecule has 0 rings (SSSR count). The molecule has 3 N–H and O–H groups in total. The molecule has 0 aliphatic carbocycles. The van der Waals surface area contributed by atoms with Crippen molar-refractivity contribution in [1.82, 2.24) is 0 Å². The normalized spacial score (nSPS) is 13.6. The van der Waals surface area contributed by atoms with Crippen LogP contribution >= 0.6 is 0 Å². The average Bonchev–Trinajstić information content (AvgIpc) is 2.01. The molecule has 0 saturated carbocycles. The zero-order chi connectivity index (χ0) is 10.5. The van der Waals surface area contributed by atoms with Crippen LogP contribution in [0.4, 0.5) is 0 Å². The minimum absolute atomic E-state index is 0.315. The van der Waals surface area contributed by atoms with Gasteiger partial charge in [-0.1, -0.05) is 25.5 Å². The molecule has 0 aromatic rings. The van der Waals surface area contributed by atoms with E-state index in [0.717, 1.165) is 11.8 Å². The lowest BCUT2D eigenvalue weighted by Gasteiger charge is -2.17. The van der Waals surface area contributed by atoms with Gasteiger partial charge in [-0.15, -0.1) is 0 Å². The summed E-state index contributed by atoms with van der Waals surface area (Å²) in [5, 5.41) is 8.46. The number of nitrogens with two attached hydrogens (primary N) is 1. The van der Waals surface area contributed by atoms with Crippen molar-refractivity contribution in [3.05, 3.63) is 24.0 Å².